The van der Waals surface area contributed by atoms with Crippen molar-refractivity contribution < 1.29 is 21.6 Å². The Morgan fingerprint density at radius 3 is 2.19 bits per heavy atom. The normalized spacial score (nSPS) is 12.6. The van der Waals surface area contributed by atoms with Crippen molar-refractivity contribution in [3.8, 4) is 0 Å². The molecule has 9 heteroatoms. The lowest BCUT2D eigenvalue weighted by Gasteiger charge is -2.08. The predicted molar refractivity (Wildman–Crippen MR) is 74.8 cm³/mol. The molecule has 0 aliphatic rings. The van der Waals surface area contributed by atoms with Crippen molar-refractivity contribution in [2.45, 2.75) is 16.9 Å². The minimum Gasteiger partial charge on any atom is -0.206 e. The first-order valence-corrected chi connectivity index (χ1v) is 8.27. The Morgan fingerprint density at radius 2 is 1.71 bits per heavy atom. The standard InChI is InChI=1S/C12H9ClF3NO2S2/c13-10-5-6-11(20-10)21(18,19)17-7-8-1-3-9(4-2-8)12(14,15)16/h1-6,17H,7H2. The van der Waals surface area contributed by atoms with Crippen LogP contribution in [0, 0.1) is 0 Å². The summed E-state index contributed by atoms with van der Waals surface area (Å²) in [4.78, 5) is 0. The number of thiophene rings is 1. The molecule has 0 unspecified atom stereocenters. The fraction of sp³-hybridized carbons (Fsp3) is 0.167. The molecule has 3 nitrogen and oxygen atoms in total. The van der Waals surface area contributed by atoms with Crippen LogP contribution in [0.5, 0.6) is 0 Å². The SMILES string of the molecule is O=S(=O)(NCc1ccc(C(F)(F)F)cc1)c1ccc(Cl)s1. The van der Waals surface area contributed by atoms with E-state index in [1.165, 1.54) is 24.3 Å². The van der Waals surface area contributed by atoms with Gasteiger partial charge in [-0.15, -0.1) is 11.3 Å². The van der Waals surface area contributed by atoms with Gasteiger partial charge in [0.15, 0.2) is 0 Å². The summed E-state index contributed by atoms with van der Waals surface area (Å²) in [6.45, 7) is -0.101. The minimum atomic E-state index is -4.41. The summed E-state index contributed by atoms with van der Waals surface area (Å²) < 4.78 is 63.7. The highest BCUT2D eigenvalue weighted by Crippen LogP contribution is 2.29. The molecule has 21 heavy (non-hydrogen) atoms. The lowest BCUT2D eigenvalue weighted by atomic mass is 10.1. The molecule has 0 amide bonds. The molecule has 0 aliphatic heterocycles. The van der Waals surface area contributed by atoms with Crippen molar-refractivity contribution >= 4 is 33.0 Å². The molecule has 0 atom stereocenters. The van der Waals surface area contributed by atoms with Crippen LogP contribution in [-0.4, -0.2) is 8.42 Å². The third-order valence-electron chi connectivity index (χ3n) is 2.56. The number of halogens is 4. The van der Waals surface area contributed by atoms with E-state index in [2.05, 4.69) is 4.72 Å². The van der Waals surface area contributed by atoms with Crippen LogP contribution in [0.15, 0.2) is 40.6 Å². The van der Waals surface area contributed by atoms with E-state index in [4.69, 9.17) is 11.6 Å². The van der Waals surface area contributed by atoms with Gasteiger partial charge in [-0.25, -0.2) is 13.1 Å². The Balaban J connectivity index is 2.06. The van der Waals surface area contributed by atoms with Crippen LogP contribution in [0.4, 0.5) is 13.2 Å². The van der Waals surface area contributed by atoms with Crippen molar-refractivity contribution in [1.82, 2.24) is 4.72 Å². The van der Waals surface area contributed by atoms with Crippen LogP contribution in [0.25, 0.3) is 0 Å². The predicted octanol–water partition coefficient (Wildman–Crippen LogP) is 3.90. The highest BCUT2D eigenvalue weighted by atomic mass is 35.5. The summed E-state index contributed by atoms with van der Waals surface area (Å²) in [6, 6.07) is 7.10. The molecular weight excluding hydrogens is 347 g/mol. The van der Waals surface area contributed by atoms with Crippen LogP contribution in [0.3, 0.4) is 0 Å². The van der Waals surface area contributed by atoms with E-state index in [9.17, 15) is 21.6 Å². The second-order valence-corrected chi connectivity index (χ2v) is 7.79. The van der Waals surface area contributed by atoms with Gasteiger partial charge in [-0.05, 0) is 29.8 Å². The van der Waals surface area contributed by atoms with Gasteiger partial charge in [-0.1, -0.05) is 23.7 Å². The number of sulfonamides is 1. The molecule has 0 bridgehead atoms. The van der Waals surface area contributed by atoms with Crippen molar-refractivity contribution in [2.24, 2.45) is 0 Å². The Bertz CT molecular complexity index is 724. The third kappa shape index (κ3) is 4.19. The maximum Gasteiger partial charge on any atom is 0.416 e. The molecule has 114 valence electrons. The topological polar surface area (TPSA) is 46.2 Å². The number of rotatable bonds is 4. The van der Waals surface area contributed by atoms with Gasteiger partial charge in [0.25, 0.3) is 0 Å². The second kappa shape index (κ2) is 5.96. The minimum absolute atomic E-state index is 0.0550. The zero-order chi connectivity index (χ0) is 15.7. The molecule has 0 radical (unpaired) electrons. The van der Waals surface area contributed by atoms with Crippen LogP contribution < -0.4 is 4.72 Å². The monoisotopic (exact) mass is 355 g/mol. The van der Waals surface area contributed by atoms with E-state index in [1.54, 1.807) is 0 Å². The zero-order valence-electron chi connectivity index (χ0n) is 10.3. The molecule has 1 aromatic carbocycles. The van der Waals surface area contributed by atoms with Gasteiger partial charge >= 0.3 is 6.18 Å². The van der Waals surface area contributed by atoms with Crippen LogP contribution in [0.1, 0.15) is 11.1 Å². The van der Waals surface area contributed by atoms with Gasteiger partial charge in [0, 0.05) is 6.54 Å². The van der Waals surface area contributed by atoms with Gasteiger partial charge in [-0.2, -0.15) is 13.2 Å². The van der Waals surface area contributed by atoms with Crippen molar-refractivity contribution in [3.63, 3.8) is 0 Å². The molecule has 2 rings (SSSR count). The first kappa shape index (κ1) is 16.3. The average molecular weight is 356 g/mol. The zero-order valence-corrected chi connectivity index (χ0v) is 12.7. The molecule has 0 aliphatic carbocycles. The molecule has 1 N–H and O–H groups in total. The maximum absolute atomic E-state index is 12.4. The highest BCUT2D eigenvalue weighted by Gasteiger charge is 2.29. The summed E-state index contributed by atoms with van der Waals surface area (Å²) in [5.74, 6) is 0. The van der Waals surface area contributed by atoms with E-state index >= 15 is 0 Å². The number of hydrogen-bond donors (Lipinski definition) is 1. The van der Waals surface area contributed by atoms with E-state index < -0.39 is 21.8 Å². The van der Waals surface area contributed by atoms with Crippen molar-refractivity contribution in [2.75, 3.05) is 0 Å². The highest BCUT2D eigenvalue weighted by molar-refractivity contribution is 7.91. The first-order valence-electron chi connectivity index (χ1n) is 5.59. The lowest BCUT2D eigenvalue weighted by Crippen LogP contribution is -2.22. The van der Waals surface area contributed by atoms with Gasteiger partial charge < -0.3 is 0 Å². The number of benzene rings is 1. The molecule has 1 aromatic heterocycles. The molecule has 0 saturated carbocycles. The Labute approximate surface area is 128 Å². The van der Waals surface area contributed by atoms with Gasteiger partial charge in [0.05, 0.1) is 9.90 Å². The summed E-state index contributed by atoms with van der Waals surface area (Å²) in [7, 11) is -3.71. The average Bonchev–Trinajstić information content (AvgIpc) is 2.83. The number of alkyl halides is 3. The summed E-state index contributed by atoms with van der Waals surface area (Å²) in [6.07, 6.45) is -4.41. The van der Waals surface area contributed by atoms with Crippen LogP contribution >= 0.6 is 22.9 Å². The number of nitrogens with one attached hydrogen (secondary N) is 1. The largest absolute Gasteiger partial charge is 0.416 e. The Hall–Kier alpha value is -1.09. The third-order valence-corrected chi connectivity index (χ3v) is 5.69. The molecule has 0 fully saturated rings. The Morgan fingerprint density at radius 1 is 1.10 bits per heavy atom. The lowest BCUT2D eigenvalue weighted by molar-refractivity contribution is -0.137. The van der Waals surface area contributed by atoms with Crippen molar-refractivity contribution in [1.29, 1.82) is 0 Å². The summed E-state index contributed by atoms with van der Waals surface area (Å²) in [5, 5.41) is 0. The van der Waals surface area contributed by atoms with E-state index in [1.807, 2.05) is 0 Å². The van der Waals surface area contributed by atoms with Crippen LogP contribution in [0.2, 0.25) is 4.34 Å². The van der Waals surface area contributed by atoms with Gasteiger partial charge in [0.1, 0.15) is 4.21 Å². The number of hydrogen-bond acceptors (Lipinski definition) is 3. The fourth-order valence-corrected chi connectivity index (χ4v) is 4.05. The second-order valence-electron chi connectivity index (χ2n) is 4.08. The fourth-order valence-electron chi connectivity index (χ4n) is 1.50. The molecule has 1 heterocycles. The maximum atomic E-state index is 12.4. The van der Waals surface area contributed by atoms with Crippen molar-refractivity contribution in [3.05, 3.63) is 51.9 Å². The van der Waals surface area contributed by atoms with Gasteiger partial charge in [-0.3, -0.25) is 0 Å². The quantitative estimate of drug-likeness (QED) is 0.904. The van der Waals surface area contributed by atoms with Gasteiger partial charge in [0.2, 0.25) is 10.0 Å². The van der Waals surface area contributed by atoms with E-state index in [0.717, 1.165) is 23.5 Å². The van der Waals surface area contributed by atoms with Crippen LogP contribution in [-0.2, 0) is 22.7 Å². The van der Waals surface area contributed by atoms with E-state index in [-0.39, 0.29) is 10.8 Å². The summed E-state index contributed by atoms with van der Waals surface area (Å²) >= 11 is 6.57. The van der Waals surface area contributed by atoms with E-state index in [0.29, 0.717) is 9.90 Å². The molecular formula is C12H9ClF3NO2S2. The smallest absolute Gasteiger partial charge is 0.206 e. The first-order chi connectivity index (χ1) is 9.68. The Kier molecular flexibility index (Phi) is 4.62. The summed E-state index contributed by atoms with van der Waals surface area (Å²) in [5.41, 5.74) is -0.353. The molecule has 2 aromatic rings. The molecule has 0 saturated heterocycles. The molecule has 0 spiro atoms.